The third-order valence-electron chi connectivity index (χ3n) is 4.13. The molecule has 0 radical (unpaired) electrons. The largest absolute Gasteiger partial charge is 0.381 e. The van der Waals surface area contributed by atoms with Crippen molar-refractivity contribution in [3.8, 4) is 0 Å². The van der Waals surface area contributed by atoms with Crippen LogP contribution in [0.5, 0.6) is 0 Å². The summed E-state index contributed by atoms with van der Waals surface area (Å²) in [5.74, 6) is 0.0112. The second kappa shape index (κ2) is 5.29. The van der Waals surface area contributed by atoms with Gasteiger partial charge in [-0.2, -0.15) is 0 Å². The molecule has 0 aliphatic carbocycles. The SMILES string of the molecule is Cc1[nH]c2ccc(C(=O)NC3CCOCC3)cc2c1C. The summed E-state index contributed by atoms with van der Waals surface area (Å²) >= 11 is 0. The summed E-state index contributed by atoms with van der Waals surface area (Å²) in [7, 11) is 0. The number of fused-ring (bicyclic) bond motifs is 1. The Morgan fingerprint density at radius 1 is 1.30 bits per heavy atom. The predicted octanol–water partition coefficient (Wildman–Crippen LogP) is 2.69. The van der Waals surface area contributed by atoms with Crippen molar-refractivity contribution in [2.45, 2.75) is 32.7 Å². The van der Waals surface area contributed by atoms with E-state index in [2.05, 4.69) is 24.1 Å². The first-order chi connectivity index (χ1) is 9.65. The molecular weight excluding hydrogens is 252 g/mol. The van der Waals surface area contributed by atoms with Crippen LogP contribution in [0.15, 0.2) is 18.2 Å². The van der Waals surface area contributed by atoms with Crippen LogP contribution in [0.25, 0.3) is 10.9 Å². The number of aryl methyl sites for hydroxylation is 2. The van der Waals surface area contributed by atoms with Gasteiger partial charge in [0.2, 0.25) is 0 Å². The lowest BCUT2D eigenvalue weighted by Gasteiger charge is -2.23. The van der Waals surface area contributed by atoms with Gasteiger partial charge in [-0.25, -0.2) is 0 Å². The number of benzene rings is 1. The second-order valence-electron chi connectivity index (χ2n) is 5.50. The van der Waals surface area contributed by atoms with E-state index in [0.29, 0.717) is 0 Å². The number of aromatic amines is 1. The van der Waals surface area contributed by atoms with Crippen molar-refractivity contribution in [2.24, 2.45) is 0 Å². The summed E-state index contributed by atoms with van der Waals surface area (Å²) in [6.45, 7) is 5.60. The smallest absolute Gasteiger partial charge is 0.251 e. The lowest BCUT2D eigenvalue weighted by molar-refractivity contribution is 0.0696. The zero-order valence-electron chi connectivity index (χ0n) is 12.0. The van der Waals surface area contributed by atoms with Crippen molar-refractivity contribution in [3.05, 3.63) is 35.0 Å². The van der Waals surface area contributed by atoms with Crippen molar-refractivity contribution < 1.29 is 9.53 Å². The normalized spacial score (nSPS) is 16.5. The van der Waals surface area contributed by atoms with Gasteiger partial charge in [0.15, 0.2) is 0 Å². The van der Waals surface area contributed by atoms with E-state index in [4.69, 9.17) is 4.74 Å². The molecule has 2 aromatic rings. The highest BCUT2D eigenvalue weighted by molar-refractivity contribution is 5.99. The second-order valence-corrected chi connectivity index (χ2v) is 5.50. The Bertz CT molecular complexity index is 639. The minimum atomic E-state index is 0.0112. The van der Waals surface area contributed by atoms with Gasteiger partial charge in [-0.1, -0.05) is 0 Å². The Balaban J connectivity index is 1.82. The average Bonchev–Trinajstić information content (AvgIpc) is 2.75. The summed E-state index contributed by atoms with van der Waals surface area (Å²) in [5, 5.41) is 4.22. The lowest BCUT2D eigenvalue weighted by Crippen LogP contribution is -2.38. The topological polar surface area (TPSA) is 54.1 Å². The van der Waals surface area contributed by atoms with Crippen molar-refractivity contribution in [3.63, 3.8) is 0 Å². The molecule has 0 saturated carbocycles. The van der Waals surface area contributed by atoms with E-state index in [9.17, 15) is 4.79 Å². The van der Waals surface area contributed by atoms with Crippen LogP contribution in [-0.2, 0) is 4.74 Å². The van der Waals surface area contributed by atoms with Gasteiger partial charge in [0, 0.05) is 41.4 Å². The summed E-state index contributed by atoms with van der Waals surface area (Å²) < 4.78 is 5.31. The number of amides is 1. The summed E-state index contributed by atoms with van der Waals surface area (Å²) in [6, 6.07) is 6.07. The minimum absolute atomic E-state index is 0.0112. The van der Waals surface area contributed by atoms with Crippen LogP contribution < -0.4 is 5.32 Å². The highest BCUT2D eigenvalue weighted by Gasteiger charge is 2.17. The molecule has 3 rings (SSSR count). The van der Waals surface area contributed by atoms with Gasteiger partial charge in [0.05, 0.1) is 0 Å². The standard InChI is InChI=1S/C16H20N2O2/c1-10-11(2)17-15-4-3-12(9-14(10)15)16(19)18-13-5-7-20-8-6-13/h3-4,9,13,17H,5-8H2,1-2H3,(H,18,19). The minimum Gasteiger partial charge on any atom is -0.381 e. The third-order valence-corrected chi connectivity index (χ3v) is 4.13. The maximum absolute atomic E-state index is 12.3. The quantitative estimate of drug-likeness (QED) is 0.883. The van der Waals surface area contributed by atoms with E-state index < -0.39 is 0 Å². The Hall–Kier alpha value is -1.81. The van der Waals surface area contributed by atoms with Crippen LogP contribution in [0.2, 0.25) is 0 Å². The van der Waals surface area contributed by atoms with Crippen molar-refractivity contribution in [2.75, 3.05) is 13.2 Å². The molecule has 0 bridgehead atoms. The first-order valence-electron chi connectivity index (χ1n) is 7.12. The first-order valence-corrected chi connectivity index (χ1v) is 7.12. The zero-order valence-corrected chi connectivity index (χ0v) is 12.0. The van der Waals surface area contributed by atoms with Gasteiger partial charge < -0.3 is 15.0 Å². The van der Waals surface area contributed by atoms with Gasteiger partial charge >= 0.3 is 0 Å². The molecule has 1 aromatic heterocycles. The summed E-state index contributed by atoms with van der Waals surface area (Å²) in [4.78, 5) is 15.6. The first kappa shape index (κ1) is 13.2. The molecule has 4 heteroatoms. The van der Waals surface area contributed by atoms with E-state index in [1.165, 1.54) is 5.56 Å². The van der Waals surface area contributed by atoms with Crippen LogP contribution in [0, 0.1) is 13.8 Å². The Kier molecular flexibility index (Phi) is 3.49. The Labute approximate surface area is 118 Å². The molecule has 0 unspecified atom stereocenters. The van der Waals surface area contributed by atoms with E-state index in [1.807, 2.05) is 18.2 Å². The monoisotopic (exact) mass is 272 g/mol. The molecule has 1 aromatic carbocycles. The third kappa shape index (κ3) is 2.43. The predicted molar refractivity (Wildman–Crippen MR) is 79.1 cm³/mol. The molecule has 20 heavy (non-hydrogen) atoms. The Morgan fingerprint density at radius 3 is 2.80 bits per heavy atom. The number of hydrogen-bond donors (Lipinski definition) is 2. The zero-order chi connectivity index (χ0) is 14.1. The number of rotatable bonds is 2. The van der Waals surface area contributed by atoms with Crippen LogP contribution in [0.4, 0.5) is 0 Å². The molecule has 106 valence electrons. The number of nitrogens with one attached hydrogen (secondary N) is 2. The number of carbonyl (C=O) groups excluding carboxylic acids is 1. The van der Waals surface area contributed by atoms with Crippen molar-refractivity contribution >= 4 is 16.8 Å². The molecule has 1 amide bonds. The highest BCUT2D eigenvalue weighted by atomic mass is 16.5. The fourth-order valence-corrected chi connectivity index (χ4v) is 2.71. The number of H-pyrrole nitrogens is 1. The molecule has 1 fully saturated rings. The van der Waals surface area contributed by atoms with Crippen molar-refractivity contribution in [1.29, 1.82) is 0 Å². The number of carbonyl (C=O) groups is 1. The van der Waals surface area contributed by atoms with Gasteiger partial charge in [0.25, 0.3) is 5.91 Å². The number of aromatic nitrogens is 1. The van der Waals surface area contributed by atoms with E-state index in [0.717, 1.165) is 48.2 Å². The molecule has 1 saturated heterocycles. The fourth-order valence-electron chi connectivity index (χ4n) is 2.71. The highest BCUT2D eigenvalue weighted by Crippen LogP contribution is 2.22. The maximum Gasteiger partial charge on any atom is 0.251 e. The van der Waals surface area contributed by atoms with E-state index in [1.54, 1.807) is 0 Å². The molecule has 2 heterocycles. The van der Waals surface area contributed by atoms with Crippen LogP contribution in [0.1, 0.15) is 34.5 Å². The fraction of sp³-hybridized carbons (Fsp3) is 0.438. The molecule has 0 atom stereocenters. The Morgan fingerprint density at radius 2 is 2.05 bits per heavy atom. The van der Waals surface area contributed by atoms with E-state index in [-0.39, 0.29) is 11.9 Å². The molecule has 0 spiro atoms. The molecule has 1 aliphatic heterocycles. The number of hydrogen-bond acceptors (Lipinski definition) is 2. The molecule has 1 aliphatic rings. The number of ether oxygens (including phenoxy) is 1. The molecular formula is C16H20N2O2. The summed E-state index contributed by atoms with van der Waals surface area (Å²) in [5.41, 5.74) is 4.18. The van der Waals surface area contributed by atoms with Crippen molar-refractivity contribution in [1.82, 2.24) is 10.3 Å². The summed E-state index contributed by atoms with van der Waals surface area (Å²) in [6.07, 6.45) is 1.80. The average molecular weight is 272 g/mol. The van der Waals surface area contributed by atoms with E-state index >= 15 is 0 Å². The van der Waals surface area contributed by atoms with Gasteiger partial charge in [-0.05, 0) is 50.5 Å². The van der Waals surface area contributed by atoms with Crippen LogP contribution in [-0.4, -0.2) is 30.1 Å². The molecule has 2 N–H and O–H groups in total. The van der Waals surface area contributed by atoms with Gasteiger partial charge in [-0.3, -0.25) is 4.79 Å². The van der Waals surface area contributed by atoms with Gasteiger partial charge in [0.1, 0.15) is 0 Å². The van der Waals surface area contributed by atoms with Crippen LogP contribution >= 0.6 is 0 Å². The van der Waals surface area contributed by atoms with Gasteiger partial charge in [-0.15, -0.1) is 0 Å². The van der Waals surface area contributed by atoms with Crippen LogP contribution in [0.3, 0.4) is 0 Å². The maximum atomic E-state index is 12.3. The molecule has 4 nitrogen and oxygen atoms in total. The lowest BCUT2D eigenvalue weighted by atomic mass is 10.1.